The summed E-state index contributed by atoms with van der Waals surface area (Å²) in [6.07, 6.45) is 0. The maximum atomic E-state index is 11.6. The molecule has 0 radical (unpaired) electrons. The molecular formula is C20H25N3O. The zero-order valence-corrected chi connectivity index (χ0v) is 14.2. The van der Waals surface area contributed by atoms with E-state index < -0.39 is 0 Å². The van der Waals surface area contributed by atoms with Gasteiger partial charge in [0.05, 0.1) is 0 Å². The van der Waals surface area contributed by atoms with Crippen LogP contribution < -0.4 is 5.32 Å². The van der Waals surface area contributed by atoms with Gasteiger partial charge in [0.2, 0.25) is 0 Å². The molecule has 2 aromatic rings. The van der Waals surface area contributed by atoms with Crippen LogP contribution in [0.5, 0.6) is 0 Å². The molecule has 0 aromatic heterocycles. The van der Waals surface area contributed by atoms with Crippen molar-refractivity contribution >= 4 is 5.91 Å². The van der Waals surface area contributed by atoms with Crippen molar-refractivity contribution in [2.45, 2.75) is 13.1 Å². The van der Waals surface area contributed by atoms with Gasteiger partial charge in [-0.2, -0.15) is 0 Å². The maximum Gasteiger partial charge on any atom is 0.251 e. The highest BCUT2D eigenvalue weighted by Crippen LogP contribution is 2.12. The molecular weight excluding hydrogens is 298 g/mol. The smallest absolute Gasteiger partial charge is 0.251 e. The third kappa shape index (κ3) is 4.43. The summed E-state index contributed by atoms with van der Waals surface area (Å²) in [6, 6.07) is 18.6. The molecule has 1 fully saturated rings. The largest absolute Gasteiger partial charge is 0.355 e. The normalized spacial score (nSPS) is 16.0. The van der Waals surface area contributed by atoms with E-state index in [0.717, 1.165) is 39.3 Å². The number of carbonyl (C=O) groups excluding carboxylic acids is 1. The number of nitrogens with one attached hydrogen (secondary N) is 1. The van der Waals surface area contributed by atoms with E-state index >= 15 is 0 Å². The van der Waals surface area contributed by atoms with Crippen molar-refractivity contribution in [1.82, 2.24) is 15.1 Å². The van der Waals surface area contributed by atoms with Crippen molar-refractivity contribution in [3.05, 3.63) is 71.3 Å². The Morgan fingerprint density at radius 3 is 1.83 bits per heavy atom. The minimum absolute atomic E-state index is 0.0314. The number of rotatable bonds is 5. The van der Waals surface area contributed by atoms with Gasteiger partial charge in [-0.1, -0.05) is 42.5 Å². The molecule has 24 heavy (non-hydrogen) atoms. The lowest BCUT2D eigenvalue weighted by Crippen LogP contribution is -2.45. The zero-order valence-electron chi connectivity index (χ0n) is 14.2. The van der Waals surface area contributed by atoms with E-state index in [-0.39, 0.29) is 5.91 Å². The molecule has 126 valence electrons. The fourth-order valence-electron chi connectivity index (χ4n) is 3.11. The van der Waals surface area contributed by atoms with Crippen LogP contribution in [0.1, 0.15) is 21.5 Å². The van der Waals surface area contributed by atoms with E-state index in [2.05, 4.69) is 57.6 Å². The fourth-order valence-corrected chi connectivity index (χ4v) is 3.11. The van der Waals surface area contributed by atoms with Crippen molar-refractivity contribution in [3.63, 3.8) is 0 Å². The molecule has 0 atom stereocenters. The third-order valence-electron chi connectivity index (χ3n) is 4.56. The van der Waals surface area contributed by atoms with E-state index in [9.17, 15) is 4.79 Å². The first-order chi connectivity index (χ1) is 11.7. The molecule has 4 heteroatoms. The van der Waals surface area contributed by atoms with Crippen molar-refractivity contribution in [1.29, 1.82) is 0 Å². The van der Waals surface area contributed by atoms with E-state index in [4.69, 9.17) is 0 Å². The molecule has 4 nitrogen and oxygen atoms in total. The molecule has 0 aliphatic carbocycles. The first-order valence-electron chi connectivity index (χ1n) is 8.54. The number of nitrogens with zero attached hydrogens (tertiary/aromatic N) is 2. The van der Waals surface area contributed by atoms with E-state index in [1.165, 1.54) is 11.1 Å². The highest BCUT2D eigenvalue weighted by molar-refractivity contribution is 5.93. The van der Waals surface area contributed by atoms with Gasteiger partial charge in [-0.3, -0.25) is 14.6 Å². The van der Waals surface area contributed by atoms with Crippen LogP contribution in [0.25, 0.3) is 0 Å². The number of hydrogen-bond donors (Lipinski definition) is 1. The predicted octanol–water partition coefficient (Wildman–Crippen LogP) is 2.36. The molecule has 2 aromatic carbocycles. The lowest BCUT2D eigenvalue weighted by Gasteiger charge is -2.34. The van der Waals surface area contributed by atoms with Crippen molar-refractivity contribution < 1.29 is 4.79 Å². The molecule has 3 rings (SSSR count). The van der Waals surface area contributed by atoms with Gasteiger partial charge in [-0.15, -0.1) is 0 Å². The van der Waals surface area contributed by atoms with Gasteiger partial charge in [-0.25, -0.2) is 0 Å². The number of carbonyl (C=O) groups is 1. The maximum absolute atomic E-state index is 11.6. The molecule has 0 bridgehead atoms. The Labute approximate surface area is 144 Å². The Hall–Kier alpha value is -2.17. The molecule has 0 spiro atoms. The van der Waals surface area contributed by atoms with Gasteiger partial charge in [0.1, 0.15) is 0 Å². The first-order valence-corrected chi connectivity index (χ1v) is 8.54. The minimum atomic E-state index is -0.0314. The van der Waals surface area contributed by atoms with Crippen molar-refractivity contribution in [2.75, 3.05) is 33.2 Å². The van der Waals surface area contributed by atoms with E-state index in [1.54, 1.807) is 7.05 Å². The van der Waals surface area contributed by atoms with Crippen LogP contribution in [0.2, 0.25) is 0 Å². The monoisotopic (exact) mass is 323 g/mol. The van der Waals surface area contributed by atoms with Gasteiger partial charge in [0, 0.05) is 51.9 Å². The number of piperazine rings is 1. The summed E-state index contributed by atoms with van der Waals surface area (Å²) < 4.78 is 0. The molecule has 1 N–H and O–H groups in total. The Morgan fingerprint density at radius 1 is 0.833 bits per heavy atom. The van der Waals surface area contributed by atoms with Gasteiger partial charge >= 0.3 is 0 Å². The molecule has 1 aliphatic heterocycles. The lowest BCUT2D eigenvalue weighted by molar-refractivity contribution is 0.0963. The highest BCUT2D eigenvalue weighted by atomic mass is 16.1. The van der Waals surface area contributed by atoms with Crippen molar-refractivity contribution in [3.8, 4) is 0 Å². The molecule has 0 unspecified atom stereocenters. The van der Waals surface area contributed by atoms with Crippen LogP contribution >= 0.6 is 0 Å². The summed E-state index contributed by atoms with van der Waals surface area (Å²) in [6.45, 7) is 6.37. The quantitative estimate of drug-likeness (QED) is 0.917. The summed E-state index contributed by atoms with van der Waals surface area (Å²) in [4.78, 5) is 16.6. The van der Waals surface area contributed by atoms with Crippen LogP contribution in [0.3, 0.4) is 0 Å². The molecule has 1 aliphatic rings. The van der Waals surface area contributed by atoms with Gasteiger partial charge in [0.15, 0.2) is 0 Å². The Balaban J connectivity index is 1.47. The summed E-state index contributed by atoms with van der Waals surface area (Å²) in [7, 11) is 1.66. The average molecular weight is 323 g/mol. The van der Waals surface area contributed by atoms with Crippen LogP contribution in [-0.2, 0) is 13.1 Å². The standard InChI is InChI=1S/C20H25N3O/c1-21-20(24)19-9-7-18(8-10-19)16-23-13-11-22(12-14-23)15-17-5-3-2-4-6-17/h2-10H,11-16H2,1H3,(H,21,24). The van der Waals surface area contributed by atoms with Crippen molar-refractivity contribution in [2.24, 2.45) is 0 Å². The first kappa shape index (κ1) is 16.7. The minimum Gasteiger partial charge on any atom is -0.355 e. The van der Waals surface area contributed by atoms with Crippen LogP contribution in [0, 0.1) is 0 Å². The van der Waals surface area contributed by atoms with E-state index in [1.807, 2.05) is 12.1 Å². The van der Waals surface area contributed by atoms with Crippen LogP contribution in [0.4, 0.5) is 0 Å². The van der Waals surface area contributed by atoms with Crippen LogP contribution in [0.15, 0.2) is 54.6 Å². The Kier molecular flexibility index (Phi) is 5.62. The second-order valence-corrected chi connectivity index (χ2v) is 6.31. The molecule has 1 heterocycles. The molecule has 1 amide bonds. The van der Waals surface area contributed by atoms with Gasteiger partial charge in [-0.05, 0) is 23.3 Å². The highest BCUT2D eigenvalue weighted by Gasteiger charge is 2.17. The predicted molar refractivity (Wildman–Crippen MR) is 96.8 cm³/mol. The number of hydrogen-bond acceptors (Lipinski definition) is 3. The second-order valence-electron chi connectivity index (χ2n) is 6.31. The fraction of sp³-hybridized carbons (Fsp3) is 0.350. The SMILES string of the molecule is CNC(=O)c1ccc(CN2CCN(Cc3ccccc3)CC2)cc1. The molecule has 0 saturated carbocycles. The molecule has 1 saturated heterocycles. The topological polar surface area (TPSA) is 35.6 Å². The number of benzene rings is 2. The Morgan fingerprint density at radius 2 is 1.33 bits per heavy atom. The lowest BCUT2D eigenvalue weighted by atomic mass is 10.1. The number of amides is 1. The van der Waals surface area contributed by atoms with Crippen LogP contribution in [-0.4, -0.2) is 48.9 Å². The summed E-state index contributed by atoms with van der Waals surface area (Å²) in [5.74, 6) is -0.0314. The summed E-state index contributed by atoms with van der Waals surface area (Å²) in [5.41, 5.74) is 3.36. The van der Waals surface area contributed by atoms with Gasteiger partial charge in [0.25, 0.3) is 5.91 Å². The third-order valence-corrected chi connectivity index (χ3v) is 4.56. The second kappa shape index (κ2) is 8.08. The van der Waals surface area contributed by atoms with Gasteiger partial charge < -0.3 is 5.32 Å². The zero-order chi connectivity index (χ0) is 16.8. The average Bonchev–Trinajstić information content (AvgIpc) is 2.64. The summed E-state index contributed by atoms with van der Waals surface area (Å²) in [5, 5.41) is 2.65. The van der Waals surface area contributed by atoms with E-state index in [0.29, 0.717) is 5.56 Å². The summed E-state index contributed by atoms with van der Waals surface area (Å²) >= 11 is 0. The Bertz CT molecular complexity index is 646.